The van der Waals surface area contributed by atoms with Gasteiger partial charge in [-0.1, -0.05) is 18.6 Å². The second kappa shape index (κ2) is 8.11. The molecule has 1 aliphatic rings. The Kier molecular flexibility index (Phi) is 6.16. The molecule has 1 saturated carbocycles. The Balaban J connectivity index is 1.83. The molecule has 1 aromatic rings. The van der Waals surface area contributed by atoms with Gasteiger partial charge in [-0.05, 0) is 43.4 Å². The zero-order chi connectivity index (χ0) is 16.8. The first-order chi connectivity index (χ1) is 11.0. The molecule has 0 aliphatic heterocycles. The lowest BCUT2D eigenvalue weighted by molar-refractivity contribution is -0.126. The summed E-state index contributed by atoms with van der Waals surface area (Å²) >= 11 is 0. The van der Waals surface area contributed by atoms with E-state index in [2.05, 4.69) is 5.32 Å². The number of hydrogen-bond donors (Lipinski definition) is 2. The van der Waals surface area contributed by atoms with Crippen LogP contribution in [0.25, 0.3) is 0 Å². The summed E-state index contributed by atoms with van der Waals surface area (Å²) in [7, 11) is 3.48. The minimum Gasteiger partial charge on any atom is -0.356 e. The van der Waals surface area contributed by atoms with Crippen LogP contribution in [0.3, 0.4) is 0 Å². The Morgan fingerprint density at radius 3 is 2.78 bits per heavy atom. The van der Waals surface area contributed by atoms with Gasteiger partial charge in [0.25, 0.3) is 5.91 Å². The Morgan fingerprint density at radius 2 is 2.09 bits per heavy atom. The van der Waals surface area contributed by atoms with Crippen LogP contribution in [0.4, 0.5) is 0 Å². The lowest BCUT2D eigenvalue weighted by atomic mass is 9.85. The third-order valence-electron chi connectivity index (χ3n) is 4.38. The Hall–Kier alpha value is -1.88. The molecule has 0 bridgehead atoms. The molecule has 126 valence electrons. The molecule has 3 N–H and O–H groups in total. The first kappa shape index (κ1) is 17.5. The van der Waals surface area contributed by atoms with Gasteiger partial charge in [0.2, 0.25) is 5.91 Å². The third-order valence-corrected chi connectivity index (χ3v) is 4.38. The highest BCUT2D eigenvalue weighted by Gasteiger charge is 2.24. The molecular formula is C18H27N3O2. The molecule has 0 radical (unpaired) electrons. The van der Waals surface area contributed by atoms with Crippen molar-refractivity contribution in [3.8, 4) is 0 Å². The predicted octanol–water partition coefficient (Wildman–Crippen LogP) is 1.56. The lowest BCUT2D eigenvalue weighted by Crippen LogP contribution is -2.38. The Bertz CT molecular complexity index is 557. The molecule has 23 heavy (non-hydrogen) atoms. The summed E-state index contributed by atoms with van der Waals surface area (Å²) in [5.74, 6) is 0.160. The molecule has 5 heteroatoms. The molecule has 1 aromatic carbocycles. The maximum absolute atomic E-state index is 12.2. The van der Waals surface area contributed by atoms with E-state index >= 15 is 0 Å². The fourth-order valence-electron chi connectivity index (χ4n) is 3.06. The van der Waals surface area contributed by atoms with E-state index in [-0.39, 0.29) is 23.8 Å². The Morgan fingerprint density at radius 1 is 1.30 bits per heavy atom. The van der Waals surface area contributed by atoms with Crippen molar-refractivity contribution in [2.75, 3.05) is 20.6 Å². The van der Waals surface area contributed by atoms with Gasteiger partial charge in [0.05, 0.1) is 0 Å². The zero-order valence-electron chi connectivity index (χ0n) is 14.0. The van der Waals surface area contributed by atoms with Crippen molar-refractivity contribution < 1.29 is 9.59 Å². The maximum atomic E-state index is 12.2. The summed E-state index contributed by atoms with van der Waals surface area (Å²) in [6.07, 6.45) is 4.51. The normalized spacial score (nSPS) is 20.8. The number of nitrogens with one attached hydrogen (secondary N) is 1. The van der Waals surface area contributed by atoms with Crippen LogP contribution in [0.2, 0.25) is 0 Å². The maximum Gasteiger partial charge on any atom is 0.253 e. The van der Waals surface area contributed by atoms with E-state index in [1.54, 1.807) is 19.0 Å². The molecule has 1 fully saturated rings. The number of nitrogens with zero attached hydrogens (tertiary/aromatic N) is 1. The van der Waals surface area contributed by atoms with E-state index in [1.807, 2.05) is 24.3 Å². The van der Waals surface area contributed by atoms with Gasteiger partial charge in [-0.25, -0.2) is 0 Å². The van der Waals surface area contributed by atoms with Gasteiger partial charge < -0.3 is 16.0 Å². The lowest BCUT2D eigenvalue weighted by Gasteiger charge is -2.25. The number of benzene rings is 1. The van der Waals surface area contributed by atoms with Gasteiger partial charge in [-0.3, -0.25) is 9.59 Å². The monoisotopic (exact) mass is 317 g/mol. The average molecular weight is 317 g/mol. The fraction of sp³-hybridized carbons (Fsp3) is 0.556. The Labute approximate surface area is 138 Å². The summed E-state index contributed by atoms with van der Waals surface area (Å²) in [5.41, 5.74) is 7.67. The van der Waals surface area contributed by atoms with E-state index in [0.717, 1.165) is 37.7 Å². The highest BCUT2D eigenvalue weighted by Crippen LogP contribution is 2.23. The van der Waals surface area contributed by atoms with Crippen LogP contribution in [-0.2, 0) is 11.2 Å². The second-order valence-electron chi connectivity index (χ2n) is 6.56. The molecule has 2 unspecified atom stereocenters. The predicted molar refractivity (Wildman–Crippen MR) is 91.1 cm³/mol. The molecule has 2 rings (SSSR count). The summed E-state index contributed by atoms with van der Waals surface area (Å²) in [6, 6.07) is 7.73. The third kappa shape index (κ3) is 5.06. The number of hydrogen-bond acceptors (Lipinski definition) is 3. The molecule has 2 atom stereocenters. The van der Waals surface area contributed by atoms with Crippen LogP contribution in [-0.4, -0.2) is 43.4 Å². The summed E-state index contributed by atoms with van der Waals surface area (Å²) in [4.78, 5) is 25.7. The van der Waals surface area contributed by atoms with Gasteiger partial charge in [-0.2, -0.15) is 0 Å². The van der Waals surface area contributed by atoms with Gasteiger partial charge in [-0.15, -0.1) is 0 Å². The standard InChI is InChI=1S/C18H27N3O2/c1-21(2)18(23)15-7-3-5-13(11-15)9-10-20-17(22)14-6-4-8-16(19)12-14/h3,5,7,11,14,16H,4,6,8-10,12,19H2,1-2H3,(H,20,22). The van der Waals surface area contributed by atoms with Crippen molar-refractivity contribution >= 4 is 11.8 Å². The molecule has 0 aromatic heterocycles. The van der Waals surface area contributed by atoms with Crippen LogP contribution in [0, 0.1) is 5.92 Å². The largest absolute Gasteiger partial charge is 0.356 e. The van der Waals surface area contributed by atoms with E-state index in [1.165, 1.54) is 0 Å². The second-order valence-corrected chi connectivity index (χ2v) is 6.56. The number of carbonyl (C=O) groups excluding carboxylic acids is 2. The summed E-state index contributed by atoms with van der Waals surface area (Å²) < 4.78 is 0. The number of carbonyl (C=O) groups is 2. The summed E-state index contributed by atoms with van der Waals surface area (Å²) in [6.45, 7) is 0.587. The van der Waals surface area contributed by atoms with E-state index in [9.17, 15) is 9.59 Å². The van der Waals surface area contributed by atoms with E-state index in [0.29, 0.717) is 12.1 Å². The number of rotatable bonds is 5. The minimum atomic E-state index is -0.00733. The number of nitrogens with two attached hydrogens (primary N) is 1. The SMILES string of the molecule is CN(C)C(=O)c1cccc(CCNC(=O)C2CCCC(N)C2)c1. The van der Waals surface area contributed by atoms with Crippen molar-refractivity contribution in [1.82, 2.24) is 10.2 Å². The minimum absolute atomic E-state index is 0.00733. The smallest absolute Gasteiger partial charge is 0.253 e. The van der Waals surface area contributed by atoms with E-state index in [4.69, 9.17) is 5.73 Å². The molecular weight excluding hydrogens is 290 g/mol. The van der Waals surface area contributed by atoms with Crippen LogP contribution >= 0.6 is 0 Å². The molecule has 2 amide bonds. The van der Waals surface area contributed by atoms with Gasteiger partial charge >= 0.3 is 0 Å². The van der Waals surface area contributed by atoms with Crippen LogP contribution in [0.15, 0.2) is 24.3 Å². The summed E-state index contributed by atoms with van der Waals surface area (Å²) in [5, 5.41) is 3.00. The molecule has 1 aliphatic carbocycles. The van der Waals surface area contributed by atoms with Crippen LogP contribution in [0.5, 0.6) is 0 Å². The topological polar surface area (TPSA) is 75.4 Å². The first-order valence-electron chi connectivity index (χ1n) is 8.31. The van der Waals surface area contributed by atoms with Crippen molar-refractivity contribution in [2.45, 2.75) is 38.1 Å². The highest BCUT2D eigenvalue weighted by atomic mass is 16.2. The van der Waals surface area contributed by atoms with Crippen LogP contribution in [0.1, 0.15) is 41.6 Å². The number of amides is 2. The van der Waals surface area contributed by atoms with Crippen LogP contribution < -0.4 is 11.1 Å². The first-order valence-corrected chi connectivity index (χ1v) is 8.31. The van der Waals surface area contributed by atoms with Gasteiger partial charge in [0, 0.05) is 38.2 Å². The fourth-order valence-corrected chi connectivity index (χ4v) is 3.06. The zero-order valence-corrected chi connectivity index (χ0v) is 14.0. The van der Waals surface area contributed by atoms with Crippen molar-refractivity contribution in [2.24, 2.45) is 11.7 Å². The molecule has 0 spiro atoms. The van der Waals surface area contributed by atoms with Crippen molar-refractivity contribution in [1.29, 1.82) is 0 Å². The van der Waals surface area contributed by atoms with Gasteiger partial charge in [0.1, 0.15) is 0 Å². The van der Waals surface area contributed by atoms with Crippen molar-refractivity contribution in [3.63, 3.8) is 0 Å². The average Bonchev–Trinajstić information content (AvgIpc) is 2.54. The van der Waals surface area contributed by atoms with Gasteiger partial charge in [0.15, 0.2) is 0 Å². The molecule has 0 heterocycles. The van der Waals surface area contributed by atoms with E-state index < -0.39 is 0 Å². The molecule has 0 saturated heterocycles. The molecule has 5 nitrogen and oxygen atoms in total. The van der Waals surface area contributed by atoms with Crippen molar-refractivity contribution in [3.05, 3.63) is 35.4 Å². The quantitative estimate of drug-likeness (QED) is 0.865. The highest BCUT2D eigenvalue weighted by molar-refractivity contribution is 5.94.